The lowest BCUT2D eigenvalue weighted by Crippen LogP contribution is -2.42. The van der Waals surface area contributed by atoms with Crippen molar-refractivity contribution in [1.29, 1.82) is 0 Å². The number of benzene rings is 3. The topological polar surface area (TPSA) is 97.0 Å². The minimum atomic E-state index is -1.33. The lowest BCUT2D eigenvalue weighted by Gasteiger charge is -2.25. The summed E-state index contributed by atoms with van der Waals surface area (Å²) in [6.07, 6.45) is 0. The van der Waals surface area contributed by atoms with E-state index < -0.39 is 29.9 Å². The fourth-order valence-electron chi connectivity index (χ4n) is 4.00. The lowest BCUT2D eigenvalue weighted by molar-refractivity contribution is -0.133. The van der Waals surface area contributed by atoms with Crippen molar-refractivity contribution in [3.63, 3.8) is 0 Å². The maximum Gasteiger partial charge on any atom is 0.325 e. The van der Waals surface area contributed by atoms with Gasteiger partial charge in [-0.15, -0.1) is 0 Å². The third-order valence-electron chi connectivity index (χ3n) is 5.83. The summed E-state index contributed by atoms with van der Waals surface area (Å²) >= 11 is 1.51. The molecule has 0 radical (unpaired) electrons. The van der Waals surface area contributed by atoms with Gasteiger partial charge in [0.15, 0.2) is 11.5 Å². The maximum absolute atomic E-state index is 13.3. The van der Waals surface area contributed by atoms with Gasteiger partial charge in [-0.05, 0) is 48.9 Å². The zero-order valence-electron chi connectivity index (χ0n) is 18.9. The molecule has 2 aliphatic rings. The van der Waals surface area contributed by atoms with Crippen LogP contribution in [-0.2, 0) is 15.1 Å². The van der Waals surface area contributed by atoms with E-state index in [4.69, 9.17) is 9.47 Å². The molecule has 3 aromatic carbocycles. The quantitative estimate of drug-likeness (QED) is 0.508. The Kier molecular flexibility index (Phi) is 6.08. The van der Waals surface area contributed by atoms with Gasteiger partial charge in [-0.2, -0.15) is 0 Å². The van der Waals surface area contributed by atoms with Crippen LogP contribution in [-0.4, -0.2) is 42.5 Å². The third kappa shape index (κ3) is 4.54. The van der Waals surface area contributed by atoms with Gasteiger partial charge in [0.2, 0.25) is 5.91 Å². The second kappa shape index (κ2) is 9.34. The van der Waals surface area contributed by atoms with Crippen LogP contribution >= 0.6 is 11.8 Å². The molecule has 0 spiro atoms. The molecular formula is C26H23N3O5S. The molecule has 1 fully saturated rings. The van der Waals surface area contributed by atoms with E-state index in [1.54, 1.807) is 31.2 Å². The van der Waals surface area contributed by atoms with Crippen LogP contribution in [0.4, 0.5) is 10.5 Å². The van der Waals surface area contributed by atoms with Crippen molar-refractivity contribution in [2.75, 3.05) is 25.1 Å². The first kappa shape index (κ1) is 22.8. The first-order valence-corrected chi connectivity index (χ1v) is 11.9. The molecule has 8 nitrogen and oxygen atoms in total. The van der Waals surface area contributed by atoms with E-state index in [9.17, 15) is 14.4 Å². The molecule has 0 saturated carbocycles. The number of nitrogens with zero attached hydrogens (tertiary/aromatic N) is 1. The predicted molar refractivity (Wildman–Crippen MR) is 131 cm³/mol. The number of hydrogen-bond acceptors (Lipinski definition) is 6. The number of ether oxygens (including phenoxy) is 2. The second-order valence-corrected chi connectivity index (χ2v) is 9.38. The molecule has 9 heteroatoms. The molecule has 5 rings (SSSR count). The van der Waals surface area contributed by atoms with Crippen LogP contribution in [0.15, 0.2) is 82.6 Å². The molecule has 1 saturated heterocycles. The number of amides is 4. The lowest BCUT2D eigenvalue weighted by atomic mass is 9.91. The zero-order chi connectivity index (χ0) is 24.4. The molecule has 0 aliphatic carbocycles. The van der Waals surface area contributed by atoms with Crippen molar-refractivity contribution >= 4 is 35.3 Å². The Hall–Kier alpha value is -3.98. The number of para-hydroxylation sites is 1. The zero-order valence-corrected chi connectivity index (χ0v) is 19.8. The number of anilines is 1. The third-order valence-corrected chi connectivity index (χ3v) is 6.91. The molecule has 0 unspecified atom stereocenters. The average molecular weight is 490 g/mol. The maximum atomic E-state index is 13.3. The Labute approximate surface area is 206 Å². The van der Waals surface area contributed by atoms with Crippen LogP contribution in [0.25, 0.3) is 0 Å². The average Bonchev–Trinajstić information content (AvgIpc) is 3.09. The fraction of sp³-hybridized carbons (Fsp3) is 0.192. The van der Waals surface area contributed by atoms with Crippen molar-refractivity contribution < 1.29 is 23.9 Å². The number of fused-ring (bicyclic) bond motifs is 1. The Morgan fingerprint density at radius 1 is 1.00 bits per heavy atom. The predicted octanol–water partition coefficient (Wildman–Crippen LogP) is 4.01. The van der Waals surface area contributed by atoms with Gasteiger partial charge in [0.1, 0.15) is 25.3 Å². The van der Waals surface area contributed by atoms with Gasteiger partial charge in [-0.25, -0.2) is 4.79 Å². The summed E-state index contributed by atoms with van der Waals surface area (Å²) in [6.45, 7) is 2.07. The molecule has 35 heavy (non-hydrogen) atoms. The largest absolute Gasteiger partial charge is 0.486 e. The number of urea groups is 1. The highest BCUT2D eigenvalue weighted by molar-refractivity contribution is 7.99. The molecule has 3 aromatic rings. The summed E-state index contributed by atoms with van der Waals surface area (Å²) < 4.78 is 11.2. The van der Waals surface area contributed by atoms with Crippen LogP contribution in [0.2, 0.25) is 0 Å². The molecule has 4 amide bonds. The smallest absolute Gasteiger partial charge is 0.325 e. The Morgan fingerprint density at radius 2 is 1.71 bits per heavy atom. The van der Waals surface area contributed by atoms with Gasteiger partial charge in [-0.1, -0.05) is 48.2 Å². The molecule has 2 aliphatic heterocycles. The monoisotopic (exact) mass is 489 g/mol. The summed E-state index contributed by atoms with van der Waals surface area (Å²) in [5, 5.41) is 5.56. The first-order valence-electron chi connectivity index (χ1n) is 11.1. The standard InChI is InChI=1S/C26H23N3O5S/c1-26(17-11-12-20-21(15-17)34-14-13-33-20)24(31)29(25(32)28-26)16-23(30)27-19-9-5-6-10-22(19)35-18-7-3-2-4-8-18/h2-12,15H,13-14,16H2,1H3,(H,27,30)(H,28,32)/t26-/m0/s1. The van der Waals surface area contributed by atoms with Crippen molar-refractivity contribution in [3.05, 3.63) is 78.4 Å². The second-order valence-electron chi connectivity index (χ2n) is 8.26. The molecule has 2 N–H and O–H groups in total. The summed E-state index contributed by atoms with van der Waals surface area (Å²) in [4.78, 5) is 41.7. The number of carbonyl (C=O) groups is 3. The van der Waals surface area contributed by atoms with Crippen LogP contribution in [0.5, 0.6) is 11.5 Å². The van der Waals surface area contributed by atoms with E-state index in [1.165, 1.54) is 11.8 Å². The number of imide groups is 1. The minimum absolute atomic E-state index is 0.407. The van der Waals surface area contributed by atoms with Crippen molar-refractivity contribution in [1.82, 2.24) is 10.2 Å². The van der Waals surface area contributed by atoms with Gasteiger partial charge in [0, 0.05) is 9.79 Å². The van der Waals surface area contributed by atoms with Gasteiger partial charge in [0.05, 0.1) is 5.69 Å². The number of nitrogens with one attached hydrogen (secondary N) is 2. The van der Waals surface area contributed by atoms with Crippen molar-refractivity contribution in [2.24, 2.45) is 0 Å². The van der Waals surface area contributed by atoms with Gasteiger partial charge >= 0.3 is 6.03 Å². The molecule has 1 atom stereocenters. The SMILES string of the molecule is C[C@@]1(c2ccc3c(c2)OCCO3)NC(=O)N(CC(=O)Nc2ccccc2Sc2ccccc2)C1=O. The molecule has 0 aromatic heterocycles. The van der Waals surface area contributed by atoms with Crippen LogP contribution in [0.1, 0.15) is 12.5 Å². The Balaban J connectivity index is 1.30. The van der Waals surface area contributed by atoms with Crippen molar-refractivity contribution in [3.8, 4) is 11.5 Å². The summed E-state index contributed by atoms with van der Waals surface area (Å²) in [5.41, 5.74) is -0.172. The van der Waals surface area contributed by atoms with E-state index in [0.29, 0.717) is 36.0 Å². The van der Waals surface area contributed by atoms with Crippen LogP contribution in [0, 0.1) is 0 Å². The van der Waals surface area contributed by atoms with Gasteiger partial charge in [-0.3, -0.25) is 14.5 Å². The van der Waals surface area contributed by atoms with E-state index in [2.05, 4.69) is 10.6 Å². The Bertz CT molecular complexity index is 1300. The number of hydrogen-bond donors (Lipinski definition) is 2. The minimum Gasteiger partial charge on any atom is -0.486 e. The van der Waals surface area contributed by atoms with Crippen molar-refractivity contribution in [2.45, 2.75) is 22.3 Å². The van der Waals surface area contributed by atoms with E-state index in [-0.39, 0.29) is 0 Å². The number of carbonyl (C=O) groups excluding carboxylic acids is 3. The van der Waals surface area contributed by atoms with Crippen LogP contribution in [0.3, 0.4) is 0 Å². The summed E-state index contributed by atoms with van der Waals surface area (Å²) in [5.74, 6) is 0.117. The van der Waals surface area contributed by atoms with Gasteiger partial charge < -0.3 is 20.1 Å². The molecular weight excluding hydrogens is 466 g/mol. The van der Waals surface area contributed by atoms with Gasteiger partial charge in [0.25, 0.3) is 5.91 Å². The molecule has 0 bridgehead atoms. The summed E-state index contributed by atoms with van der Waals surface area (Å²) in [6, 6.07) is 21.7. The van der Waals surface area contributed by atoms with E-state index in [0.717, 1.165) is 14.7 Å². The highest BCUT2D eigenvalue weighted by Gasteiger charge is 2.49. The highest BCUT2D eigenvalue weighted by atomic mass is 32.2. The molecule has 178 valence electrons. The first-order chi connectivity index (χ1) is 16.9. The Morgan fingerprint density at radius 3 is 2.51 bits per heavy atom. The highest BCUT2D eigenvalue weighted by Crippen LogP contribution is 2.37. The van der Waals surface area contributed by atoms with E-state index >= 15 is 0 Å². The molecule has 2 heterocycles. The summed E-state index contributed by atoms with van der Waals surface area (Å²) in [7, 11) is 0. The number of rotatable bonds is 6. The van der Waals surface area contributed by atoms with Crippen LogP contribution < -0.4 is 20.1 Å². The van der Waals surface area contributed by atoms with E-state index in [1.807, 2.05) is 48.5 Å². The fourth-order valence-corrected chi connectivity index (χ4v) is 4.92. The normalized spacial score (nSPS) is 18.8.